The first-order valence-corrected chi connectivity index (χ1v) is 8.34. The van der Waals surface area contributed by atoms with E-state index in [0.717, 1.165) is 35.9 Å². The molecule has 0 aliphatic rings. The fourth-order valence-corrected chi connectivity index (χ4v) is 2.50. The van der Waals surface area contributed by atoms with E-state index in [1.165, 1.54) is 5.56 Å². The third-order valence-corrected chi connectivity index (χ3v) is 3.83. The number of nitrogens with zero attached hydrogens (tertiary/aromatic N) is 2. The average molecular weight is 462 g/mol. The summed E-state index contributed by atoms with van der Waals surface area (Å²) in [4.78, 5) is 4.24. The molecule has 0 unspecified atom stereocenters. The van der Waals surface area contributed by atoms with E-state index in [2.05, 4.69) is 45.0 Å². The second-order valence-electron chi connectivity index (χ2n) is 5.64. The number of rotatable bonds is 6. The number of hydrogen-bond acceptors (Lipinski definition) is 3. The Morgan fingerprint density at radius 1 is 1.00 bits per heavy atom. The molecule has 0 spiro atoms. The Kier molecular flexibility index (Phi) is 8.14. The highest BCUT2D eigenvalue weighted by Crippen LogP contribution is 2.19. The lowest BCUT2D eigenvalue weighted by atomic mass is 10.1. The van der Waals surface area contributed by atoms with Crippen LogP contribution in [0.25, 0.3) is 11.3 Å². The fraction of sp³-hybridized carbons (Fsp3) is 0.200. The lowest BCUT2D eigenvalue weighted by molar-refractivity contribution is 0.422. The Hall–Kier alpha value is -2.35. The number of benzene rings is 2. The molecule has 26 heavy (non-hydrogen) atoms. The van der Waals surface area contributed by atoms with E-state index in [0.29, 0.717) is 6.54 Å². The lowest BCUT2D eigenvalue weighted by Gasteiger charge is -2.10. The van der Waals surface area contributed by atoms with E-state index in [1.807, 2.05) is 42.5 Å². The van der Waals surface area contributed by atoms with Crippen LogP contribution in [0.15, 0.2) is 76.2 Å². The maximum absolute atomic E-state index is 5.41. The number of nitrogens with one attached hydrogen (secondary N) is 2. The van der Waals surface area contributed by atoms with Gasteiger partial charge in [-0.25, -0.2) is 0 Å². The first-order chi connectivity index (χ1) is 12.3. The van der Waals surface area contributed by atoms with Crippen molar-refractivity contribution in [2.24, 2.45) is 4.99 Å². The molecule has 3 aromatic rings. The van der Waals surface area contributed by atoms with Gasteiger partial charge in [0.1, 0.15) is 5.69 Å². The van der Waals surface area contributed by atoms with Gasteiger partial charge in [0, 0.05) is 25.2 Å². The summed E-state index contributed by atoms with van der Waals surface area (Å²) in [6, 6.07) is 22.3. The molecule has 0 atom stereocenters. The molecule has 136 valence electrons. The summed E-state index contributed by atoms with van der Waals surface area (Å²) in [5.41, 5.74) is 3.16. The van der Waals surface area contributed by atoms with E-state index in [4.69, 9.17) is 4.52 Å². The van der Waals surface area contributed by atoms with Crippen LogP contribution in [0.4, 0.5) is 0 Å². The minimum absolute atomic E-state index is 0. The third kappa shape index (κ3) is 5.87. The smallest absolute Gasteiger partial charge is 0.191 e. The van der Waals surface area contributed by atoms with Gasteiger partial charge in [0.05, 0.1) is 6.54 Å². The summed E-state index contributed by atoms with van der Waals surface area (Å²) in [5, 5.41) is 10.7. The van der Waals surface area contributed by atoms with Crippen molar-refractivity contribution >= 4 is 29.9 Å². The summed E-state index contributed by atoms with van der Waals surface area (Å²) < 4.78 is 5.41. The Morgan fingerprint density at radius 3 is 2.38 bits per heavy atom. The minimum Gasteiger partial charge on any atom is -0.356 e. The summed E-state index contributed by atoms with van der Waals surface area (Å²) in [7, 11) is 1.76. The maximum Gasteiger partial charge on any atom is 0.191 e. The highest BCUT2D eigenvalue weighted by atomic mass is 127. The molecule has 6 heteroatoms. The zero-order valence-electron chi connectivity index (χ0n) is 14.7. The van der Waals surface area contributed by atoms with Crippen molar-refractivity contribution in [3.05, 3.63) is 78.0 Å². The lowest BCUT2D eigenvalue weighted by Crippen LogP contribution is -2.37. The molecule has 3 rings (SSSR count). The summed E-state index contributed by atoms with van der Waals surface area (Å²) in [6.07, 6.45) is 0.948. The molecular formula is C20H23IN4O. The van der Waals surface area contributed by atoms with Gasteiger partial charge in [0.25, 0.3) is 0 Å². The van der Waals surface area contributed by atoms with Crippen LogP contribution in [0.5, 0.6) is 0 Å². The molecule has 1 aromatic heterocycles. The van der Waals surface area contributed by atoms with Crippen molar-refractivity contribution in [3.8, 4) is 11.3 Å². The Morgan fingerprint density at radius 2 is 1.69 bits per heavy atom. The van der Waals surface area contributed by atoms with Gasteiger partial charge in [-0.15, -0.1) is 24.0 Å². The monoisotopic (exact) mass is 462 g/mol. The van der Waals surface area contributed by atoms with Gasteiger partial charge in [0.15, 0.2) is 11.7 Å². The van der Waals surface area contributed by atoms with Crippen molar-refractivity contribution < 1.29 is 4.52 Å². The van der Waals surface area contributed by atoms with E-state index in [-0.39, 0.29) is 24.0 Å². The van der Waals surface area contributed by atoms with Crippen LogP contribution in [0.2, 0.25) is 0 Å². The van der Waals surface area contributed by atoms with Crippen LogP contribution in [-0.2, 0) is 13.0 Å². The SMILES string of the molecule is CN=C(NCCc1ccccc1)NCc1cc(-c2ccccc2)on1.I. The van der Waals surface area contributed by atoms with Crippen LogP contribution in [-0.4, -0.2) is 24.7 Å². The van der Waals surface area contributed by atoms with Gasteiger partial charge >= 0.3 is 0 Å². The van der Waals surface area contributed by atoms with Crippen LogP contribution < -0.4 is 10.6 Å². The molecule has 2 N–H and O–H groups in total. The number of aliphatic imine (C=N–C) groups is 1. The zero-order chi connectivity index (χ0) is 17.3. The number of guanidine groups is 1. The Labute approximate surface area is 170 Å². The maximum atomic E-state index is 5.41. The highest BCUT2D eigenvalue weighted by molar-refractivity contribution is 14.0. The van der Waals surface area contributed by atoms with Gasteiger partial charge in [-0.2, -0.15) is 0 Å². The minimum atomic E-state index is 0. The number of hydrogen-bond donors (Lipinski definition) is 2. The second-order valence-corrected chi connectivity index (χ2v) is 5.64. The molecule has 5 nitrogen and oxygen atoms in total. The normalized spacial score (nSPS) is 10.9. The zero-order valence-corrected chi connectivity index (χ0v) is 17.0. The molecule has 0 saturated carbocycles. The predicted octanol–water partition coefficient (Wildman–Crippen LogP) is 3.87. The fourth-order valence-electron chi connectivity index (χ4n) is 2.50. The summed E-state index contributed by atoms with van der Waals surface area (Å²) in [6.45, 7) is 1.37. The summed E-state index contributed by atoms with van der Waals surface area (Å²) >= 11 is 0. The second kappa shape index (κ2) is 10.6. The third-order valence-electron chi connectivity index (χ3n) is 3.83. The largest absolute Gasteiger partial charge is 0.356 e. The molecule has 0 radical (unpaired) electrons. The Balaban J connectivity index is 0.00000243. The quantitative estimate of drug-likeness (QED) is 0.332. The highest BCUT2D eigenvalue weighted by Gasteiger charge is 2.07. The molecule has 0 saturated heterocycles. The molecule has 0 fully saturated rings. The van der Waals surface area contributed by atoms with Crippen LogP contribution in [0, 0.1) is 0 Å². The first kappa shape index (κ1) is 20.0. The first-order valence-electron chi connectivity index (χ1n) is 8.34. The van der Waals surface area contributed by atoms with E-state index in [1.54, 1.807) is 7.05 Å². The van der Waals surface area contributed by atoms with Crippen molar-refractivity contribution in [1.82, 2.24) is 15.8 Å². The standard InChI is InChI=1S/C20H22N4O.HI/c1-21-20(22-13-12-16-8-4-2-5-9-16)23-15-18-14-19(25-24-18)17-10-6-3-7-11-17;/h2-11,14H,12-13,15H2,1H3,(H2,21,22,23);1H. The van der Waals surface area contributed by atoms with Gasteiger partial charge in [-0.1, -0.05) is 65.8 Å². The molecular weight excluding hydrogens is 439 g/mol. The van der Waals surface area contributed by atoms with Crippen molar-refractivity contribution in [2.75, 3.05) is 13.6 Å². The van der Waals surface area contributed by atoms with Crippen LogP contribution in [0.3, 0.4) is 0 Å². The van der Waals surface area contributed by atoms with Crippen molar-refractivity contribution in [1.29, 1.82) is 0 Å². The van der Waals surface area contributed by atoms with Gasteiger partial charge < -0.3 is 15.2 Å². The molecule has 0 bridgehead atoms. The van der Waals surface area contributed by atoms with Gasteiger partial charge in [0.2, 0.25) is 0 Å². The van der Waals surface area contributed by atoms with Crippen molar-refractivity contribution in [3.63, 3.8) is 0 Å². The molecule has 1 heterocycles. The van der Waals surface area contributed by atoms with Gasteiger partial charge in [-0.05, 0) is 12.0 Å². The van der Waals surface area contributed by atoms with Crippen molar-refractivity contribution in [2.45, 2.75) is 13.0 Å². The average Bonchev–Trinajstić information content (AvgIpc) is 3.15. The van der Waals surface area contributed by atoms with Crippen LogP contribution >= 0.6 is 24.0 Å². The molecule has 0 aliphatic heterocycles. The molecule has 2 aromatic carbocycles. The Bertz CT molecular complexity index is 803. The molecule has 0 aliphatic carbocycles. The van der Waals surface area contributed by atoms with Gasteiger partial charge in [-0.3, -0.25) is 4.99 Å². The van der Waals surface area contributed by atoms with Crippen LogP contribution in [0.1, 0.15) is 11.3 Å². The summed E-state index contributed by atoms with van der Waals surface area (Å²) in [5.74, 6) is 1.52. The van der Waals surface area contributed by atoms with E-state index >= 15 is 0 Å². The van der Waals surface area contributed by atoms with E-state index in [9.17, 15) is 0 Å². The number of aromatic nitrogens is 1. The van der Waals surface area contributed by atoms with E-state index < -0.39 is 0 Å². The number of halogens is 1. The predicted molar refractivity (Wildman–Crippen MR) is 116 cm³/mol. The molecule has 0 amide bonds. The topological polar surface area (TPSA) is 62.5 Å².